The lowest BCUT2D eigenvalue weighted by atomic mass is 9.92. The number of hydrogen-bond acceptors (Lipinski definition) is 4. The SMILES string of the molecule is CC1C=C(SCC(=O)O)SC(NC(=O)N(C2CCCCCC2)C2CCCCC2)=CC1. The van der Waals surface area contributed by atoms with E-state index in [-0.39, 0.29) is 11.8 Å². The van der Waals surface area contributed by atoms with Gasteiger partial charge in [-0.3, -0.25) is 4.79 Å². The molecule has 0 spiro atoms. The van der Waals surface area contributed by atoms with Gasteiger partial charge in [0.25, 0.3) is 0 Å². The lowest BCUT2D eigenvalue weighted by Gasteiger charge is -2.40. The molecule has 1 unspecified atom stereocenters. The van der Waals surface area contributed by atoms with E-state index in [1.54, 1.807) is 0 Å². The highest BCUT2D eigenvalue weighted by atomic mass is 32.2. The number of thioether (sulfide) groups is 2. The van der Waals surface area contributed by atoms with Crippen molar-refractivity contribution in [3.05, 3.63) is 21.4 Å². The van der Waals surface area contributed by atoms with Crippen LogP contribution in [-0.2, 0) is 4.79 Å². The zero-order valence-corrected chi connectivity index (χ0v) is 19.7. The van der Waals surface area contributed by atoms with Crippen LogP contribution in [0.1, 0.15) is 84.0 Å². The maximum Gasteiger partial charge on any atom is 0.322 e. The van der Waals surface area contributed by atoms with Gasteiger partial charge in [-0.25, -0.2) is 4.79 Å². The Morgan fingerprint density at radius 3 is 2.20 bits per heavy atom. The Morgan fingerprint density at radius 2 is 1.63 bits per heavy atom. The molecule has 5 nitrogen and oxygen atoms in total. The normalized spacial score (nSPS) is 24.2. The molecule has 2 fully saturated rings. The minimum absolute atomic E-state index is 0.0447. The minimum atomic E-state index is -0.815. The van der Waals surface area contributed by atoms with Crippen molar-refractivity contribution in [1.29, 1.82) is 0 Å². The standard InChI is InChI=1S/C23H36N2O3S2/c1-17-13-14-20(30-22(15-17)29-16-21(26)27)24-23(28)25(19-11-7-4-8-12-19)18-9-5-2-3-6-10-18/h14-15,17-19H,2-13,16H2,1H3,(H,24,28)(H,26,27). The fourth-order valence-electron chi connectivity index (χ4n) is 4.76. The maximum atomic E-state index is 13.5. The summed E-state index contributed by atoms with van der Waals surface area (Å²) in [5, 5.41) is 13.1. The van der Waals surface area contributed by atoms with Gasteiger partial charge in [-0.15, -0.1) is 11.8 Å². The van der Waals surface area contributed by atoms with Gasteiger partial charge in [-0.2, -0.15) is 0 Å². The molecule has 0 aromatic rings. The summed E-state index contributed by atoms with van der Waals surface area (Å²) in [5.41, 5.74) is 0. The van der Waals surface area contributed by atoms with Crippen molar-refractivity contribution in [2.24, 2.45) is 5.92 Å². The second-order valence-corrected chi connectivity index (χ2v) is 11.2. The van der Waals surface area contributed by atoms with Gasteiger partial charge in [0, 0.05) is 16.3 Å². The molecule has 1 heterocycles. The number of allylic oxidation sites excluding steroid dienone is 2. The Kier molecular flexibility index (Phi) is 9.50. The van der Waals surface area contributed by atoms with E-state index < -0.39 is 5.97 Å². The molecule has 1 aliphatic heterocycles. The van der Waals surface area contributed by atoms with E-state index >= 15 is 0 Å². The van der Waals surface area contributed by atoms with Crippen LogP contribution in [0.25, 0.3) is 0 Å². The van der Waals surface area contributed by atoms with Crippen LogP contribution in [0.15, 0.2) is 21.4 Å². The molecule has 2 saturated carbocycles. The molecule has 0 bridgehead atoms. The van der Waals surface area contributed by atoms with Gasteiger partial charge in [-0.1, -0.05) is 75.8 Å². The zero-order valence-electron chi connectivity index (χ0n) is 18.1. The van der Waals surface area contributed by atoms with Crippen LogP contribution in [-0.4, -0.2) is 39.8 Å². The number of urea groups is 1. The molecular weight excluding hydrogens is 416 g/mol. The third kappa shape index (κ3) is 7.26. The summed E-state index contributed by atoms with van der Waals surface area (Å²) in [7, 11) is 0. The number of rotatable bonds is 6. The molecule has 3 aliphatic rings. The first-order valence-electron chi connectivity index (χ1n) is 11.6. The number of nitrogens with zero attached hydrogens (tertiary/aromatic N) is 1. The Hall–Kier alpha value is -1.08. The molecule has 2 N–H and O–H groups in total. The number of carboxylic acid groups (broad SMARTS) is 1. The van der Waals surface area contributed by atoms with Gasteiger partial charge < -0.3 is 15.3 Å². The molecule has 2 amide bonds. The molecule has 0 aromatic carbocycles. The maximum absolute atomic E-state index is 13.5. The van der Waals surface area contributed by atoms with Crippen molar-refractivity contribution in [3.63, 3.8) is 0 Å². The Morgan fingerprint density at radius 1 is 1.07 bits per heavy atom. The van der Waals surface area contributed by atoms with Crippen LogP contribution in [0, 0.1) is 5.92 Å². The van der Waals surface area contributed by atoms with Crippen molar-refractivity contribution < 1.29 is 14.7 Å². The molecule has 0 radical (unpaired) electrons. The third-order valence-corrected chi connectivity index (χ3v) is 8.54. The second kappa shape index (κ2) is 12.1. The van der Waals surface area contributed by atoms with E-state index in [9.17, 15) is 9.59 Å². The molecule has 0 saturated heterocycles. The summed E-state index contributed by atoms with van der Waals surface area (Å²) in [6.07, 6.45) is 18.3. The van der Waals surface area contributed by atoms with Crippen molar-refractivity contribution in [2.45, 2.75) is 96.1 Å². The molecule has 1 atom stereocenters. The highest BCUT2D eigenvalue weighted by Crippen LogP contribution is 2.38. The van der Waals surface area contributed by atoms with E-state index in [1.165, 1.54) is 68.5 Å². The first-order chi connectivity index (χ1) is 14.5. The van der Waals surface area contributed by atoms with E-state index in [4.69, 9.17) is 5.11 Å². The quantitative estimate of drug-likeness (QED) is 0.461. The summed E-state index contributed by atoms with van der Waals surface area (Å²) in [4.78, 5) is 26.7. The van der Waals surface area contributed by atoms with Crippen LogP contribution in [0.4, 0.5) is 4.79 Å². The predicted octanol–water partition coefficient (Wildman–Crippen LogP) is 6.33. The Labute approximate surface area is 189 Å². The molecule has 30 heavy (non-hydrogen) atoms. The molecular formula is C23H36N2O3S2. The highest BCUT2D eigenvalue weighted by Gasteiger charge is 2.32. The van der Waals surface area contributed by atoms with Crippen LogP contribution < -0.4 is 5.32 Å². The van der Waals surface area contributed by atoms with Crippen molar-refractivity contribution in [2.75, 3.05) is 5.75 Å². The summed E-state index contributed by atoms with van der Waals surface area (Å²) in [5.74, 6) is -0.437. The first kappa shape index (κ1) is 23.6. The number of amides is 2. The summed E-state index contributed by atoms with van der Waals surface area (Å²) in [6.45, 7) is 2.13. The van der Waals surface area contributed by atoms with Crippen LogP contribution in [0.3, 0.4) is 0 Å². The van der Waals surface area contributed by atoms with Crippen LogP contribution in [0.5, 0.6) is 0 Å². The monoisotopic (exact) mass is 452 g/mol. The molecule has 2 aliphatic carbocycles. The molecule has 168 valence electrons. The fraction of sp³-hybridized carbons (Fsp3) is 0.739. The number of carbonyl (C=O) groups excluding carboxylic acids is 1. The molecule has 3 rings (SSSR count). The van der Waals surface area contributed by atoms with Gasteiger partial charge in [0.05, 0.1) is 10.8 Å². The number of carbonyl (C=O) groups is 2. The van der Waals surface area contributed by atoms with E-state index in [1.807, 2.05) is 0 Å². The summed E-state index contributed by atoms with van der Waals surface area (Å²) < 4.78 is 0.965. The summed E-state index contributed by atoms with van der Waals surface area (Å²) in [6, 6.07) is 0.750. The molecule has 0 aromatic heterocycles. The first-order valence-corrected chi connectivity index (χ1v) is 13.4. The Bertz CT molecular complexity index is 651. The average Bonchev–Trinajstić information content (AvgIpc) is 3.09. The van der Waals surface area contributed by atoms with Crippen molar-refractivity contribution in [3.8, 4) is 0 Å². The third-order valence-electron chi connectivity index (χ3n) is 6.29. The van der Waals surface area contributed by atoms with Crippen LogP contribution >= 0.6 is 23.5 Å². The van der Waals surface area contributed by atoms with Crippen molar-refractivity contribution >= 4 is 35.5 Å². The number of nitrogens with one attached hydrogen (secondary N) is 1. The van der Waals surface area contributed by atoms with Gasteiger partial charge in [0.1, 0.15) is 0 Å². The fourth-order valence-corrected chi connectivity index (χ4v) is 6.87. The Balaban J connectivity index is 1.70. The average molecular weight is 453 g/mol. The predicted molar refractivity (Wildman–Crippen MR) is 126 cm³/mol. The minimum Gasteiger partial charge on any atom is -0.481 e. The van der Waals surface area contributed by atoms with Gasteiger partial charge >= 0.3 is 12.0 Å². The topological polar surface area (TPSA) is 69.6 Å². The number of hydrogen-bond donors (Lipinski definition) is 2. The van der Waals surface area contributed by atoms with Gasteiger partial charge in [0.2, 0.25) is 0 Å². The second-order valence-electron chi connectivity index (χ2n) is 8.83. The van der Waals surface area contributed by atoms with Crippen molar-refractivity contribution in [1.82, 2.24) is 10.2 Å². The smallest absolute Gasteiger partial charge is 0.322 e. The summed E-state index contributed by atoms with van der Waals surface area (Å²) >= 11 is 2.84. The number of carboxylic acids is 1. The lowest BCUT2D eigenvalue weighted by molar-refractivity contribution is -0.133. The van der Waals surface area contributed by atoms with Gasteiger partial charge in [0.15, 0.2) is 0 Å². The van der Waals surface area contributed by atoms with Crippen LogP contribution in [0.2, 0.25) is 0 Å². The largest absolute Gasteiger partial charge is 0.481 e. The molecule has 7 heteroatoms. The number of aliphatic carboxylic acids is 1. The van der Waals surface area contributed by atoms with E-state index in [0.29, 0.717) is 18.0 Å². The van der Waals surface area contributed by atoms with E-state index in [0.717, 1.165) is 41.4 Å². The highest BCUT2D eigenvalue weighted by molar-refractivity contribution is 8.24. The van der Waals surface area contributed by atoms with Gasteiger partial charge in [-0.05, 0) is 38.0 Å². The zero-order chi connectivity index (χ0) is 21.3. The lowest BCUT2D eigenvalue weighted by Crippen LogP contribution is -2.51. The van der Waals surface area contributed by atoms with E-state index in [2.05, 4.69) is 29.3 Å².